The van der Waals surface area contributed by atoms with Crippen molar-refractivity contribution in [1.82, 2.24) is 14.9 Å². The zero-order chi connectivity index (χ0) is 12.3. The fourth-order valence-electron chi connectivity index (χ4n) is 2.69. The molecule has 1 aliphatic rings. The molecule has 0 bridgehead atoms. The van der Waals surface area contributed by atoms with Gasteiger partial charge in [0.25, 0.3) is 0 Å². The number of imidazole rings is 1. The first-order chi connectivity index (χ1) is 8.22. The van der Waals surface area contributed by atoms with Crippen LogP contribution in [0, 0.1) is 11.8 Å². The summed E-state index contributed by atoms with van der Waals surface area (Å²) < 4.78 is 2.13. The molecule has 3 heteroatoms. The lowest BCUT2D eigenvalue weighted by Gasteiger charge is -2.24. The fraction of sp³-hybridized carbons (Fsp3) is 0.786. The van der Waals surface area contributed by atoms with Crippen LogP contribution in [0.4, 0.5) is 0 Å². The summed E-state index contributed by atoms with van der Waals surface area (Å²) in [5.41, 5.74) is 0. The van der Waals surface area contributed by atoms with Gasteiger partial charge in [0.2, 0.25) is 0 Å². The van der Waals surface area contributed by atoms with E-state index in [1.54, 1.807) is 0 Å². The Hall–Kier alpha value is -0.830. The number of aromatic nitrogens is 2. The molecule has 3 nitrogen and oxygen atoms in total. The normalized spacial score (nSPS) is 19.2. The quantitative estimate of drug-likeness (QED) is 0.786. The lowest BCUT2D eigenvalue weighted by atomic mass is 9.93. The average molecular weight is 235 g/mol. The third-order valence-corrected chi connectivity index (χ3v) is 4.07. The summed E-state index contributed by atoms with van der Waals surface area (Å²) in [5, 5.41) is 3.65. The third-order valence-electron chi connectivity index (χ3n) is 4.07. The van der Waals surface area contributed by atoms with Gasteiger partial charge in [-0.15, -0.1) is 0 Å². The molecule has 0 amide bonds. The molecule has 1 aliphatic carbocycles. The second-order valence-electron chi connectivity index (χ2n) is 5.35. The maximum absolute atomic E-state index is 4.40. The number of hydrogen-bond donors (Lipinski definition) is 1. The zero-order valence-electron chi connectivity index (χ0n) is 11.3. The van der Waals surface area contributed by atoms with Gasteiger partial charge in [-0.3, -0.25) is 0 Å². The van der Waals surface area contributed by atoms with Gasteiger partial charge in [0.1, 0.15) is 5.82 Å². The van der Waals surface area contributed by atoms with Crippen LogP contribution in [0.3, 0.4) is 0 Å². The molecular weight excluding hydrogens is 210 g/mol. The number of rotatable bonds is 7. The minimum absolute atomic E-state index is 0.657. The van der Waals surface area contributed by atoms with E-state index in [2.05, 4.69) is 35.8 Å². The summed E-state index contributed by atoms with van der Waals surface area (Å²) in [6.45, 7) is 5.68. The number of nitrogens with one attached hydrogen (secondary N) is 1. The Morgan fingerprint density at radius 1 is 1.53 bits per heavy atom. The summed E-state index contributed by atoms with van der Waals surface area (Å²) in [5.74, 6) is 2.99. The molecule has 0 spiro atoms. The van der Waals surface area contributed by atoms with E-state index in [9.17, 15) is 0 Å². The van der Waals surface area contributed by atoms with Gasteiger partial charge in [-0.1, -0.05) is 13.8 Å². The summed E-state index contributed by atoms with van der Waals surface area (Å²) in [6, 6.07) is 0.657. The van der Waals surface area contributed by atoms with E-state index in [4.69, 9.17) is 0 Å². The van der Waals surface area contributed by atoms with Gasteiger partial charge in [0.05, 0.1) is 0 Å². The second kappa shape index (κ2) is 5.67. The summed E-state index contributed by atoms with van der Waals surface area (Å²) in [7, 11) is 2.08. The van der Waals surface area contributed by atoms with Crippen molar-refractivity contribution in [3.8, 4) is 0 Å². The second-order valence-corrected chi connectivity index (χ2v) is 5.35. The van der Waals surface area contributed by atoms with Crippen LogP contribution in [0.1, 0.15) is 38.9 Å². The zero-order valence-corrected chi connectivity index (χ0v) is 11.3. The summed E-state index contributed by atoms with van der Waals surface area (Å²) in [6.07, 6.45) is 9.08. The molecule has 0 aliphatic heterocycles. The van der Waals surface area contributed by atoms with Gasteiger partial charge in [0.15, 0.2) is 0 Å². The minimum atomic E-state index is 0.657. The molecule has 2 atom stereocenters. The van der Waals surface area contributed by atoms with Crippen LogP contribution >= 0.6 is 0 Å². The van der Waals surface area contributed by atoms with Crippen LogP contribution in [0.15, 0.2) is 12.4 Å². The van der Waals surface area contributed by atoms with Gasteiger partial charge in [-0.2, -0.15) is 0 Å². The smallest absolute Gasteiger partial charge is 0.108 e. The van der Waals surface area contributed by atoms with Gasteiger partial charge in [-0.25, -0.2) is 4.98 Å². The molecule has 1 saturated carbocycles. The lowest BCUT2D eigenvalue weighted by molar-refractivity contribution is 0.327. The summed E-state index contributed by atoms with van der Waals surface area (Å²) >= 11 is 0. The van der Waals surface area contributed by atoms with E-state index >= 15 is 0 Å². The summed E-state index contributed by atoms with van der Waals surface area (Å²) in [4.78, 5) is 4.40. The van der Waals surface area contributed by atoms with Crippen molar-refractivity contribution in [3.63, 3.8) is 0 Å². The van der Waals surface area contributed by atoms with Crippen molar-refractivity contribution >= 4 is 0 Å². The molecule has 0 radical (unpaired) electrons. The largest absolute Gasteiger partial charge is 0.338 e. The third kappa shape index (κ3) is 3.32. The number of nitrogens with zero attached hydrogens (tertiary/aromatic N) is 2. The highest BCUT2D eigenvalue weighted by Crippen LogP contribution is 2.39. The van der Waals surface area contributed by atoms with Gasteiger partial charge >= 0.3 is 0 Å². The maximum Gasteiger partial charge on any atom is 0.108 e. The first-order valence-electron chi connectivity index (χ1n) is 6.92. The molecule has 2 unspecified atom stereocenters. The Bertz CT molecular complexity index is 341. The lowest BCUT2D eigenvalue weighted by Crippen LogP contribution is -2.36. The maximum atomic E-state index is 4.40. The predicted molar refractivity (Wildman–Crippen MR) is 70.9 cm³/mol. The van der Waals surface area contributed by atoms with E-state index in [-0.39, 0.29) is 0 Å². The molecule has 1 fully saturated rings. The van der Waals surface area contributed by atoms with E-state index in [0.717, 1.165) is 24.8 Å². The van der Waals surface area contributed by atoms with Crippen molar-refractivity contribution < 1.29 is 0 Å². The highest BCUT2D eigenvalue weighted by molar-refractivity contribution is 4.94. The number of aryl methyl sites for hydroxylation is 2. The van der Waals surface area contributed by atoms with E-state index in [0.29, 0.717) is 6.04 Å². The Morgan fingerprint density at radius 2 is 2.29 bits per heavy atom. The monoisotopic (exact) mass is 235 g/mol. The van der Waals surface area contributed by atoms with Crippen molar-refractivity contribution in [3.05, 3.63) is 18.2 Å². The molecule has 2 rings (SSSR count). The SMILES string of the molecule is CCNC(CCc1nccn1C)C(C)C1CC1. The molecule has 1 aromatic rings. The standard InChI is InChI=1S/C14H25N3/c1-4-15-13(11(2)12-5-6-12)7-8-14-16-9-10-17(14)3/h9-13,15H,4-8H2,1-3H3. The average Bonchev–Trinajstić information content (AvgIpc) is 3.08. The van der Waals surface area contributed by atoms with Gasteiger partial charge < -0.3 is 9.88 Å². The van der Waals surface area contributed by atoms with E-state index < -0.39 is 0 Å². The molecule has 17 heavy (non-hydrogen) atoms. The van der Waals surface area contributed by atoms with E-state index in [1.807, 2.05) is 12.4 Å². The Morgan fingerprint density at radius 3 is 2.82 bits per heavy atom. The van der Waals surface area contributed by atoms with Crippen molar-refractivity contribution in [2.75, 3.05) is 6.54 Å². The van der Waals surface area contributed by atoms with Crippen LogP contribution in [0.25, 0.3) is 0 Å². The first-order valence-corrected chi connectivity index (χ1v) is 6.92. The minimum Gasteiger partial charge on any atom is -0.338 e. The van der Waals surface area contributed by atoms with Gasteiger partial charge in [0, 0.05) is 31.9 Å². The Labute approximate surface area is 105 Å². The first kappa shape index (κ1) is 12.6. The molecule has 0 aromatic carbocycles. The highest BCUT2D eigenvalue weighted by atomic mass is 15.0. The van der Waals surface area contributed by atoms with Crippen LogP contribution in [-0.4, -0.2) is 22.1 Å². The van der Waals surface area contributed by atoms with E-state index in [1.165, 1.54) is 25.1 Å². The molecule has 0 saturated heterocycles. The molecule has 1 aromatic heterocycles. The Balaban J connectivity index is 1.86. The van der Waals surface area contributed by atoms with Crippen LogP contribution in [0.5, 0.6) is 0 Å². The fourth-order valence-corrected chi connectivity index (χ4v) is 2.69. The molecule has 1 N–H and O–H groups in total. The van der Waals surface area contributed by atoms with Crippen LogP contribution in [0.2, 0.25) is 0 Å². The topological polar surface area (TPSA) is 29.9 Å². The van der Waals surface area contributed by atoms with Crippen molar-refractivity contribution in [2.24, 2.45) is 18.9 Å². The molecule has 1 heterocycles. The van der Waals surface area contributed by atoms with Crippen molar-refractivity contribution in [1.29, 1.82) is 0 Å². The Kier molecular flexibility index (Phi) is 4.21. The number of hydrogen-bond acceptors (Lipinski definition) is 2. The predicted octanol–water partition coefficient (Wildman–Crippen LogP) is 2.38. The van der Waals surface area contributed by atoms with Crippen LogP contribution in [-0.2, 0) is 13.5 Å². The van der Waals surface area contributed by atoms with Crippen molar-refractivity contribution in [2.45, 2.75) is 45.6 Å². The highest BCUT2D eigenvalue weighted by Gasteiger charge is 2.32. The van der Waals surface area contributed by atoms with Gasteiger partial charge in [-0.05, 0) is 37.6 Å². The van der Waals surface area contributed by atoms with Crippen LogP contribution < -0.4 is 5.32 Å². The molecular formula is C14H25N3. The molecule has 96 valence electrons.